The lowest BCUT2D eigenvalue weighted by Crippen LogP contribution is -2.48. The highest BCUT2D eigenvalue weighted by molar-refractivity contribution is 6.34. The number of hydrogen-bond donors (Lipinski definition) is 3. The summed E-state index contributed by atoms with van der Waals surface area (Å²) in [6, 6.07) is 12.3. The number of ether oxygens (including phenoxy) is 1. The Morgan fingerprint density at radius 1 is 1.17 bits per heavy atom. The van der Waals surface area contributed by atoms with Gasteiger partial charge in [0.05, 0.1) is 22.7 Å². The highest BCUT2D eigenvalue weighted by Crippen LogP contribution is 2.53. The molecule has 4 N–H and O–H groups in total. The number of carbonyl (C=O) groups is 1. The number of nitrogens with one attached hydrogen (secondary N) is 1. The molecule has 1 saturated heterocycles. The normalized spacial score (nSPS) is 24.4. The third-order valence-electron chi connectivity index (χ3n) is 7.83. The molecule has 1 fully saturated rings. The van der Waals surface area contributed by atoms with E-state index < -0.39 is 29.2 Å². The first-order valence-electron chi connectivity index (χ1n) is 12.1. The molecule has 2 aliphatic heterocycles. The summed E-state index contributed by atoms with van der Waals surface area (Å²) in [6.07, 6.45) is 1.82. The van der Waals surface area contributed by atoms with Crippen molar-refractivity contribution in [1.82, 2.24) is 5.32 Å². The van der Waals surface area contributed by atoms with E-state index in [1.54, 1.807) is 0 Å². The van der Waals surface area contributed by atoms with Gasteiger partial charge in [0.15, 0.2) is 5.60 Å². The third-order valence-corrected chi connectivity index (χ3v) is 8.20. The average Bonchev–Trinajstić information content (AvgIpc) is 3.61. The molecule has 3 aromatic carbocycles. The molecular weight excluding hydrogens is 486 g/mol. The second kappa shape index (κ2) is 8.54. The summed E-state index contributed by atoms with van der Waals surface area (Å²) in [5, 5.41) is 13.7. The first kappa shape index (κ1) is 23.4. The molecule has 3 aliphatic rings. The second-order valence-corrected chi connectivity index (χ2v) is 10.2. The summed E-state index contributed by atoms with van der Waals surface area (Å²) < 4.78 is 37.9. The molecule has 0 spiro atoms. The Labute approximate surface area is 212 Å². The number of amides is 1. The molecule has 3 atom stereocenters. The molecule has 2 heterocycles. The predicted octanol–water partition coefficient (Wildman–Crippen LogP) is 4.95. The standard InChI is InChI=1S/C28H25ClF2N2O3/c29-25-18(30)12-20-17(13-28(36-20,21-7-4-10-33-21)15-5-2-1-3-6-15)23(25)24-16(27(32)35)11-14-8-9-19(34)22(14)26(24)31/h1-3,5-6,11-12,19,21,33-34H,4,7-10,13H2,(H2,32,35)/t19-,21-,28-/m0/s1. The first-order chi connectivity index (χ1) is 17.3. The summed E-state index contributed by atoms with van der Waals surface area (Å²) in [5.74, 6) is -2.19. The van der Waals surface area contributed by atoms with Gasteiger partial charge in [0, 0.05) is 34.7 Å². The van der Waals surface area contributed by atoms with Gasteiger partial charge in [-0.05, 0) is 49.4 Å². The number of aliphatic hydroxyl groups excluding tert-OH is 1. The van der Waals surface area contributed by atoms with Gasteiger partial charge >= 0.3 is 0 Å². The molecule has 5 nitrogen and oxygen atoms in total. The number of aliphatic hydroxyl groups is 1. The van der Waals surface area contributed by atoms with Crippen molar-refractivity contribution in [1.29, 1.82) is 0 Å². The first-order valence-corrected chi connectivity index (χ1v) is 12.5. The van der Waals surface area contributed by atoms with Crippen LogP contribution in [0.2, 0.25) is 5.02 Å². The summed E-state index contributed by atoms with van der Waals surface area (Å²) in [7, 11) is 0. The van der Waals surface area contributed by atoms with Gasteiger partial charge in [-0.15, -0.1) is 0 Å². The molecule has 0 radical (unpaired) electrons. The van der Waals surface area contributed by atoms with Crippen molar-refractivity contribution in [2.24, 2.45) is 5.73 Å². The fourth-order valence-electron chi connectivity index (χ4n) is 6.18. The van der Waals surface area contributed by atoms with Crippen LogP contribution in [0.5, 0.6) is 5.75 Å². The van der Waals surface area contributed by atoms with Gasteiger partial charge in [-0.3, -0.25) is 4.79 Å². The third kappa shape index (κ3) is 3.37. The molecule has 186 valence electrons. The van der Waals surface area contributed by atoms with Crippen molar-refractivity contribution >= 4 is 17.5 Å². The maximum absolute atomic E-state index is 16.1. The van der Waals surface area contributed by atoms with Crippen molar-refractivity contribution in [3.05, 3.63) is 86.9 Å². The molecule has 8 heteroatoms. The van der Waals surface area contributed by atoms with E-state index in [-0.39, 0.29) is 45.5 Å². The van der Waals surface area contributed by atoms with Crippen molar-refractivity contribution in [2.75, 3.05) is 6.54 Å². The Morgan fingerprint density at radius 3 is 2.64 bits per heavy atom. The van der Waals surface area contributed by atoms with Crippen LogP contribution in [-0.2, 0) is 18.4 Å². The largest absolute Gasteiger partial charge is 0.480 e. The van der Waals surface area contributed by atoms with Gasteiger partial charge in [-0.2, -0.15) is 0 Å². The zero-order valence-corrected chi connectivity index (χ0v) is 20.2. The number of rotatable bonds is 4. The molecule has 0 unspecified atom stereocenters. The van der Waals surface area contributed by atoms with Crippen molar-refractivity contribution in [3.8, 4) is 16.9 Å². The highest BCUT2D eigenvalue weighted by Gasteiger charge is 2.50. The van der Waals surface area contributed by atoms with Gasteiger partial charge in [0.2, 0.25) is 5.91 Å². The quantitative estimate of drug-likeness (QED) is 0.464. The Hall–Kier alpha value is -3.00. The minimum absolute atomic E-state index is 0.0515. The smallest absolute Gasteiger partial charge is 0.249 e. The number of benzene rings is 3. The van der Waals surface area contributed by atoms with Crippen LogP contribution in [0, 0.1) is 11.6 Å². The maximum atomic E-state index is 16.1. The van der Waals surface area contributed by atoms with E-state index in [0.717, 1.165) is 24.9 Å². The minimum Gasteiger partial charge on any atom is -0.480 e. The van der Waals surface area contributed by atoms with Crippen LogP contribution in [0.3, 0.4) is 0 Å². The van der Waals surface area contributed by atoms with Crippen molar-refractivity contribution < 1.29 is 23.4 Å². The Balaban J connectivity index is 1.61. The van der Waals surface area contributed by atoms with E-state index in [4.69, 9.17) is 22.1 Å². The van der Waals surface area contributed by atoms with Crippen LogP contribution < -0.4 is 15.8 Å². The van der Waals surface area contributed by atoms with Crippen molar-refractivity contribution in [3.63, 3.8) is 0 Å². The van der Waals surface area contributed by atoms with Crippen LogP contribution in [-0.4, -0.2) is 23.6 Å². The predicted molar refractivity (Wildman–Crippen MR) is 132 cm³/mol. The topological polar surface area (TPSA) is 84.6 Å². The molecule has 0 saturated carbocycles. The molecule has 0 bridgehead atoms. The zero-order valence-electron chi connectivity index (χ0n) is 19.4. The van der Waals surface area contributed by atoms with Crippen LogP contribution in [0.1, 0.15) is 58.0 Å². The summed E-state index contributed by atoms with van der Waals surface area (Å²) in [4.78, 5) is 12.5. The Morgan fingerprint density at radius 2 is 1.94 bits per heavy atom. The lowest BCUT2D eigenvalue weighted by atomic mass is 9.80. The van der Waals surface area contributed by atoms with Gasteiger partial charge in [-0.25, -0.2) is 8.78 Å². The van der Waals surface area contributed by atoms with E-state index in [2.05, 4.69) is 5.32 Å². The fraction of sp³-hybridized carbons (Fsp3) is 0.321. The molecule has 3 aromatic rings. The van der Waals surface area contributed by atoms with E-state index in [9.17, 15) is 9.90 Å². The van der Waals surface area contributed by atoms with E-state index in [0.29, 0.717) is 24.0 Å². The van der Waals surface area contributed by atoms with Gasteiger partial charge in [-0.1, -0.05) is 41.9 Å². The summed E-state index contributed by atoms with van der Waals surface area (Å²) in [6.45, 7) is 0.824. The lowest BCUT2D eigenvalue weighted by Gasteiger charge is -2.35. The highest BCUT2D eigenvalue weighted by atomic mass is 35.5. The average molecular weight is 511 g/mol. The van der Waals surface area contributed by atoms with Crippen molar-refractivity contribution in [2.45, 2.75) is 49.9 Å². The molecule has 0 aromatic heterocycles. The number of aryl methyl sites for hydroxylation is 1. The molecule has 36 heavy (non-hydrogen) atoms. The monoisotopic (exact) mass is 510 g/mol. The van der Waals surface area contributed by atoms with E-state index in [1.807, 2.05) is 30.3 Å². The minimum atomic E-state index is -1.02. The zero-order chi connectivity index (χ0) is 25.2. The molecular formula is C28H25ClF2N2O3. The molecule has 1 amide bonds. The number of fused-ring (bicyclic) bond motifs is 2. The summed E-state index contributed by atoms with van der Waals surface area (Å²) in [5.41, 5.74) is 6.63. The van der Waals surface area contributed by atoms with E-state index in [1.165, 1.54) is 12.1 Å². The summed E-state index contributed by atoms with van der Waals surface area (Å²) >= 11 is 6.52. The van der Waals surface area contributed by atoms with Crippen LogP contribution >= 0.6 is 11.6 Å². The number of hydrogen-bond acceptors (Lipinski definition) is 4. The van der Waals surface area contributed by atoms with E-state index >= 15 is 8.78 Å². The number of nitrogens with two attached hydrogens (primary N) is 1. The number of carbonyl (C=O) groups excluding carboxylic acids is 1. The second-order valence-electron chi connectivity index (χ2n) is 9.81. The Bertz CT molecular complexity index is 1390. The maximum Gasteiger partial charge on any atom is 0.249 e. The Kier molecular flexibility index (Phi) is 5.55. The number of halogens is 3. The molecule has 1 aliphatic carbocycles. The van der Waals surface area contributed by atoms with Gasteiger partial charge in [0.1, 0.15) is 17.4 Å². The van der Waals surface area contributed by atoms with Crippen LogP contribution in [0.25, 0.3) is 11.1 Å². The number of primary amides is 1. The van der Waals surface area contributed by atoms with Gasteiger partial charge < -0.3 is 20.9 Å². The van der Waals surface area contributed by atoms with Gasteiger partial charge in [0.25, 0.3) is 0 Å². The van der Waals surface area contributed by atoms with Crippen LogP contribution in [0.15, 0.2) is 42.5 Å². The van der Waals surface area contributed by atoms with Crippen LogP contribution in [0.4, 0.5) is 8.78 Å². The lowest BCUT2D eigenvalue weighted by molar-refractivity contribution is 0.0539. The fourth-order valence-corrected chi connectivity index (χ4v) is 6.45. The SMILES string of the molecule is NC(=O)c1cc2c(c(F)c1-c1c(Cl)c(F)cc3c1C[C@](c1ccccc1)([C@@H]1CCCN1)O3)[C@@H](O)CC2. The molecule has 6 rings (SSSR count).